The minimum Gasteiger partial charge on any atom is -0.324 e. The van der Waals surface area contributed by atoms with Crippen LogP contribution in [0.3, 0.4) is 0 Å². The lowest BCUT2D eigenvalue weighted by atomic mass is 10.0. The first-order valence-electron chi connectivity index (χ1n) is 8.69. The Hall–Kier alpha value is -3.53. The second kappa shape index (κ2) is 7.79. The molecule has 1 atom stereocenters. The van der Waals surface area contributed by atoms with Gasteiger partial charge in [-0.15, -0.1) is 10.2 Å². The third kappa shape index (κ3) is 4.18. The Labute approximate surface area is 157 Å². The van der Waals surface area contributed by atoms with Crippen molar-refractivity contribution in [3.05, 3.63) is 59.7 Å². The molecule has 0 bridgehead atoms. The highest BCUT2D eigenvalue weighted by Crippen LogP contribution is 2.20. The molecule has 1 heterocycles. The summed E-state index contributed by atoms with van der Waals surface area (Å²) in [5.41, 5.74) is 3.11. The van der Waals surface area contributed by atoms with Gasteiger partial charge in [-0.05, 0) is 41.8 Å². The van der Waals surface area contributed by atoms with Gasteiger partial charge in [0.15, 0.2) is 0 Å². The SMILES string of the molecule is CC(C)c1ccc(-c2nnn([C@H](C)C(=O)Nc3cccc(C#N)c3)n2)cc1. The average molecular weight is 360 g/mol. The van der Waals surface area contributed by atoms with Gasteiger partial charge in [0.2, 0.25) is 5.82 Å². The van der Waals surface area contributed by atoms with E-state index in [2.05, 4.69) is 34.6 Å². The highest BCUT2D eigenvalue weighted by atomic mass is 16.2. The molecule has 0 saturated carbocycles. The Morgan fingerprint density at radius 1 is 1.15 bits per heavy atom. The molecule has 0 radical (unpaired) electrons. The van der Waals surface area contributed by atoms with Crippen LogP contribution >= 0.6 is 0 Å². The van der Waals surface area contributed by atoms with E-state index in [1.54, 1.807) is 31.2 Å². The van der Waals surface area contributed by atoms with Gasteiger partial charge in [0.05, 0.1) is 11.6 Å². The Bertz CT molecular complexity index is 984. The molecule has 0 aliphatic rings. The van der Waals surface area contributed by atoms with Crippen LogP contribution in [-0.4, -0.2) is 26.1 Å². The van der Waals surface area contributed by atoms with Crippen molar-refractivity contribution in [3.63, 3.8) is 0 Å². The fourth-order valence-electron chi connectivity index (χ4n) is 2.54. The number of nitrogens with one attached hydrogen (secondary N) is 1. The van der Waals surface area contributed by atoms with Crippen LogP contribution in [-0.2, 0) is 4.79 Å². The summed E-state index contributed by atoms with van der Waals surface area (Å²) >= 11 is 0. The van der Waals surface area contributed by atoms with E-state index < -0.39 is 6.04 Å². The molecular formula is C20H20N6O. The lowest BCUT2D eigenvalue weighted by Gasteiger charge is -2.10. The quantitative estimate of drug-likeness (QED) is 0.751. The molecule has 27 heavy (non-hydrogen) atoms. The van der Waals surface area contributed by atoms with Crippen LogP contribution in [0.15, 0.2) is 48.5 Å². The number of amides is 1. The summed E-state index contributed by atoms with van der Waals surface area (Å²) in [6.07, 6.45) is 0. The van der Waals surface area contributed by atoms with Gasteiger partial charge in [0.25, 0.3) is 5.91 Å². The first-order chi connectivity index (χ1) is 13.0. The van der Waals surface area contributed by atoms with Crippen LogP contribution in [0.5, 0.6) is 0 Å². The fourth-order valence-corrected chi connectivity index (χ4v) is 2.54. The predicted molar refractivity (Wildman–Crippen MR) is 102 cm³/mol. The van der Waals surface area contributed by atoms with Crippen molar-refractivity contribution in [1.29, 1.82) is 5.26 Å². The topological polar surface area (TPSA) is 96.5 Å². The van der Waals surface area contributed by atoms with E-state index >= 15 is 0 Å². The minimum absolute atomic E-state index is 0.288. The molecule has 7 heteroatoms. The lowest BCUT2D eigenvalue weighted by molar-refractivity contribution is -0.119. The molecule has 0 aliphatic heterocycles. The minimum atomic E-state index is -0.646. The predicted octanol–water partition coefficient (Wildman–Crippen LogP) is 3.53. The molecular weight excluding hydrogens is 340 g/mol. The highest BCUT2D eigenvalue weighted by molar-refractivity contribution is 5.93. The number of benzene rings is 2. The number of carbonyl (C=O) groups is 1. The number of rotatable bonds is 5. The first kappa shape index (κ1) is 18.3. The van der Waals surface area contributed by atoms with Crippen molar-refractivity contribution in [2.45, 2.75) is 32.7 Å². The summed E-state index contributed by atoms with van der Waals surface area (Å²) in [7, 11) is 0. The van der Waals surface area contributed by atoms with Gasteiger partial charge in [-0.25, -0.2) is 0 Å². The molecule has 1 N–H and O–H groups in total. The monoisotopic (exact) mass is 360 g/mol. The van der Waals surface area contributed by atoms with E-state index in [4.69, 9.17) is 5.26 Å². The van der Waals surface area contributed by atoms with Crippen molar-refractivity contribution in [2.75, 3.05) is 5.32 Å². The lowest BCUT2D eigenvalue weighted by Crippen LogP contribution is -2.25. The molecule has 3 rings (SSSR count). The van der Waals surface area contributed by atoms with Crippen LogP contribution in [0.1, 0.15) is 43.9 Å². The first-order valence-corrected chi connectivity index (χ1v) is 8.69. The Morgan fingerprint density at radius 2 is 1.89 bits per heavy atom. The van der Waals surface area contributed by atoms with Crippen molar-refractivity contribution in [1.82, 2.24) is 20.2 Å². The highest BCUT2D eigenvalue weighted by Gasteiger charge is 2.19. The Morgan fingerprint density at radius 3 is 2.56 bits per heavy atom. The largest absolute Gasteiger partial charge is 0.324 e. The summed E-state index contributed by atoms with van der Waals surface area (Å²) in [6, 6.07) is 16.1. The fraction of sp³-hybridized carbons (Fsp3) is 0.250. The Kier molecular flexibility index (Phi) is 5.27. The van der Waals surface area contributed by atoms with E-state index in [9.17, 15) is 4.79 Å². The average Bonchev–Trinajstić information content (AvgIpc) is 3.17. The molecule has 1 aromatic heterocycles. The van der Waals surface area contributed by atoms with Crippen LogP contribution in [0, 0.1) is 11.3 Å². The van der Waals surface area contributed by atoms with Gasteiger partial charge in [0, 0.05) is 11.3 Å². The van der Waals surface area contributed by atoms with Crippen molar-refractivity contribution < 1.29 is 4.79 Å². The van der Waals surface area contributed by atoms with Crippen LogP contribution in [0.4, 0.5) is 5.69 Å². The van der Waals surface area contributed by atoms with Crippen molar-refractivity contribution in [2.24, 2.45) is 0 Å². The van der Waals surface area contributed by atoms with Crippen molar-refractivity contribution in [3.8, 4) is 17.5 Å². The summed E-state index contributed by atoms with van der Waals surface area (Å²) in [5.74, 6) is 0.631. The molecule has 0 fully saturated rings. The van der Waals surface area contributed by atoms with Gasteiger partial charge >= 0.3 is 0 Å². The van der Waals surface area contributed by atoms with Crippen LogP contribution in [0.25, 0.3) is 11.4 Å². The number of aromatic nitrogens is 4. The number of hydrogen-bond acceptors (Lipinski definition) is 5. The van der Waals surface area contributed by atoms with Gasteiger partial charge in [-0.2, -0.15) is 10.1 Å². The molecule has 3 aromatic rings. The molecule has 136 valence electrons. The van der Waals surface area contributed by atoms with Crippen LogP contribution < -0.4 is 5.32 Å². The molecule has 0 spiro atoms. The van der Waals surface area contributed by atoms with E-state index in [1.807, 2.05) is 30.3 Å². The van der Waals surface area contributed by atoms with E-state index in [0.29, 0.717) is 23.0 Å². The molecule has 2 aromatic carbocycles. The number of anilines is 1. The van der Waals surface area contributed by atoms with Crippen LogP contribution in [0.2, 0.25) is 0 Å². The Balaban J connectivity index is 1.73. The molecule has 0 unspecified atom stereocenters. The maximum Gasteiger partial charge on any atom is 0.250 e. The van der Waals surface area contributed by atoms with E-state index in [0.717, 1.165) is 5.56 Å². The number of nitrogens with zero attached hydrogens (tertiary/aromatic N) is 5. The van der Waals surface area contributed by atoms with E-state index in [1.165, 1.54) is 10.4 Å². The number of nitriles is 1. The van der Waals surface area contributed by atoms with Gasteiger partial charge in [0.1, 0.15) is 6.04 Å². The molecule has 7 nitrogen and oxygen atoms in total. The maximum atomic E-state index is 12.5. The normalized spacial score (nSPS) is 11.8. The number of hydrogen-bond donors (Lipinski definition) is 1. The zero-order chi connectivity index (χ0) is 19.4. The number of tetrazole rings is 1. The van der Waals surface area contributed by atoms with Gasteiger partial charge < -0.3 is 5.32 Å². The molecule has 0 aliphatic carbocycles. The second-order valence-electron chi connectivity index (χ2n) is 6.57. The van der Waals surface area contributed by atoms with Gasteiger partial charge in [-0.3, -0.25) is 4.79 Å². The van der Waals surface area contributed by atoms with E-state index in [-0.39, 0.29) is 5.91 Å². The summed E-state index contributed by atoms with van der Waals surface area (Å²) in [5, 5.41) is 24.1. The van der Waals surface area contributed by atoms with Gasteiger partial charge in [-0.1, -0.05) is 44.2 Å². The summed E-state index contributed by atoms with van der Waals surface area (Å²) in [4.78, 5) is 13.7. The zero-order valence-electron chi connectivity index (χ0n) is 15.4. The third-order valence-corrected chi connectivity index (χ3v) is 4.25. The molecule has 1 amide bonds. The third-order valence-electron chi connectivity index (χ3n) is 4.25. The zero-order valence-corrected chi connectivity index (χ0v) is 15.4. The number of carbonyl (C=O) groups excluding carboxylic acids is 1. The van der Waals surface area contributed by atoms with Crippen molar-refractivity contribution >= 4 is 11.6 Å². The molecule has 0 saturated heterocycles. The summed E-state index contributed by atoms with van der Waals surface area (Å²) < 4.78 is 0. The second-order valence-corrected chi connectivity index (χ2v) is 6.57. The summed E-state index contributed by atoms with van der Waals surface area (Å²) in [6.45, 7) is 5.96. The smallest absolute Gasteiger partial charge is 0.250 e. The maximum absolute atomic E-state index is 12.5. The standard InChI is InChI=1S/C20H20N6O/c1-13(2)16-7-9-17(10-8-16)19-23-25-26(24-19)14(3)20(27)22-18-6-4-5-15(11-18)12-21/h4-11,13-14H,1-3H3,(H,22,27)/t14-/m1/s1.